The van der Waals surface area contributed by atoms with Crippen LogP contribution in [0.5, 0.6) is 5.75 Å². The van der Waals surface area contributed by atoms with Crippen molar-refractivity contribution in [1.82, 2.24) is 9.97 Å². The SMILES string of the molecule is COc1ccc(Nc2cnc(C(=O)N3CCc4ccccc43)cn2)cc1. The molecular formula is C20H18N4O2. The van der Waals surface area contributed by atoms with Crippen LogP contribution < -0.4 is 15.0 Å². The number of hydrogen-bond donors (Lipinski definition) is 1. The molecule has 6 nitrogen and oxygen atoms in total. The monoisotopic (exact) mass is 346 g/mol. The predicted molar refractivity (Wildman–Crippen MR) is 100 cm³/mol. The van der Waals surface area contributed by atoms with E-state index in [0.29, 0.717) is 18.1 Å². The molecule has 3 aromatic rings. The molecule has 1 amide bonds. The van der Waals surface area contributed by atoms with Crippen molar-refractivity contribution < 1.29 is 9.53 Å². The lowest BCUT2D eigenvalue weighted by Gasteiger charge is -2.16. The highest BCUT2D eigenvalue weighted by Gasteiger charge is 2.26. The lowest BCUT2D eigenvalue weighted by atomic mass is 10.2. The Kier molecular flexibility index (Phi) is 4.23. The van der Waals surface area contributed by atoms with Crippen molar-refractivity contribution in [3.63, 3.8) is 0 Å². The number of ether oxygens (including phenoxy) is 1. The number of carbonyl (C=O) groups is 1. The third-order valence-corrected chi connectivity index (χ3v) is 4.37. The number of rotatable bonds is 4. The van der Waals surface area contributed by atoms with Gasteiger partial charge in [-0.3, -0.25) is 4.79 Å². The molecule has 130 valence electrons. The number of nitrogens with zero attached hydrogens (tertiary/aromatic N) is 3. The number of benzene rings is 2. The zero-order valence-corrected chi connectivity index (χ0v) is 14.3. The van der Waals surface area contributed by atoms with Gasteiger partial charge >= 0.3 is 0 Å². The summed E-state index contributed by atoms with van der Waals surface area (Å²) >= 11 is 0. The van der Waals surface area contributed by atoms with E-state index in [9.17, 15) is 4.79 Å². The Balaban J connectivity index is 1.48. The van der Waals surface area contributed by atoms with E-state index in [0.717, 1.165) is 23.5 Å². The lowest BCUT2D eigenvalue weighted by molar-refractivity contribution is 0.0984. The highest BCUT2D eigenvalue weighted by Crippen LogP contribution is 2.28. The van der Waals surface area contributed by atoms with Crippen LogP contribution in [0.25, 0.3) is 0 Å². The number of hydrogen-bond acceptors (Lipinski definition) is 5. The maximum absolute atomic E-state index is 12.7. The number of anilines is 3. The van der Waals surface area contributed by atoms with Gasteiger partial charge < -0.3 is 15.0 Å². The number of nitrogens with one attached hydrogen (secondary N) is 1. The van der Waals surface area contributed by atoms with Gasteiger partial charge in [0, 0.05) is 17.9 Å². The van der Waals surface area contributed by atoms with Gasteiger partial charge in [0.05, 0.1) is 19.5 Å². The average molecular weight is 346 g/mol. The Labute approximate surface area is 151 Å². The summed E-state index contributed by atoms with van der Waals surface area (Å²) in [5.74, 6) is 1.24. The first-order valence-electron chi connectivity index (χ1n) is 8.37. The third kappa shape index (κ3) is 3.09. The Bertz CT molecular complexity index is 923. The maximum Gasteiger partial charge on any atom is 0.278 e. The van der Waals surface area contributed by atoms with Crippen molar-refractivity contribution in [2.45, 2.75) is 6.42 Å². The van der Waals surface area contributed by atoms with E-state index in [1.54, 1.807) is 18.2 Å². The van der Waals surface area contributed by atoms with Crippen LogP contribution in [0.4, 0.5) is 17.2 Å². The summed E-state index contributed by atoms with van der Waals surface area (Å²) in [5, 5.41) is 3.15. The van der Waals surface area contributed by atoms with Gasteiger partial charge in [-0.2, -0.15) is 0 Å². The van der Waals surface area contributed by atoms with Crippen LogP contribution in [0.1, 0.15) is 16.1 Å². The standard InChI is InChI=1S/C20H18N4O2/c1-26-16-8-6-15(7-9-16)23-19-13-21-17(12-22-19)20(25)24-11-10-14-4-2-3-5-18(14)24/h2-9,12-13H,10-11H2,1H3,(H,22,23). The minimum absolute atomic E-state index is 0.126. The first-order valence-corrected chi connectivity index (χ1v) is 8.37. The predicted octanol–water partition coefficient (Wildman–Crippen LogP) is 3.43. The van der Waals surface area contributed by atoms with Gasteiger partial charge in [0.1, 0.15) is 17.3 Å². The normalized spacial score (nSPS) is 12.6. The summed E-state index contributed by atoms with van der Waals surface area (Å²) in [5.41, 5.74) is 3.35. The molecule has 6 heteroatoms. The molecule has 2 aromatic carbocycles. The van der Waals surface area contributed by atoms with Gasteiger partial charge in [0.15, 0.2) is 0 Å². The Hall–Kier alpha value is -3.41. The molecule has 0 bridgehead atoms. The molecule has 1 N–H and O–H groups in total. The van der Waals surface area contributed by atoms with Crippen molar-refractivity contribution in [1.29, 1.82) is 0 Å². The van der Waals surface area contributed by atoms with Gasteiger partial charge in [-0.05, 0) is 42.3 Å². The van der Waals surface area contributed by atoms with E-state index in [4.69, 9.17) is 4.74 Å². The van der Waals surface area contributed by atoms with Crippen molar-refractivity contribution in [3.8, 4) is 5.75 Å². The summed E-state index contributed by atoms with van der Waals surface area (Å²) in [6, 6.07) is 15.5. The van der Waals surface area contributed by atoms with Gasteiger partial charge in [-0.15, -0.1) is 0 Å². The number of carbonyl (C=O) groups excluding carboxylic acids is 1. The molecule has 0 aliphatic carbocycles. The third-order valence-electron chi connectivity index (χ3n) is 4.37. The summed E-state index contributed by atoms with van der Waals surface area (Å²) in [4.78, 5) is 23.1. The summed E-state index contributed by atoms with van der Waals surface area (Å²) < 4.78 is 5.14. The van der Waals surface area contributed by atoms with Crippen molar-refractivity contribution in [2.24, 2.45) is 0 Å². The van der Waals surface area contributed by atoms with E-state index in [2.05, 4.69) is 21.4 Å². The van der Waals surface area contributed by atoms with E-state index >= 15 is 0 Å². The second-order valence-electron chi connectivity index (χ2n) is 5.98. The maximum atomic E-state index is 12.7. The molecule has 0 atom stereocenters. The number of aromatic nitrogens is 2. The fraction of sp³-hybridized carbons (Fsp3) is 0.150. The fourth-order valence-corrected chi connectivity index (χ4v) is 3.01. The Morgan fingerprint density at radius 3 is 2.62 bits per heavy atom. The molecule has 0 saturated carbocycles. The van der Waals surface area contributed by atoms with Crippen LogP contribution in [-0.2, 0) is 6.42 Å². The minimum atomic E-state index is -0.126. The van der Waals surface area contributed by atoms with Crippen molar-refractivity contribution in [2.75, 3.05) is 23.9 Å². The molecule has 0 spiro atoms. The molecule has 0 radical (unpaired) electrons. The molecular weight excluding hydrogens is 328 g/mol. The molecule has 1 aromatic heterocycles. The van der Waals surface area contributed by atoms with E-state index < -0.39 is 0 Å². The number of methoxy groups -OCH3 is 1. The van der Waals surface area contributed by atoms with Gasteiger partial charge in [-0.1, -0.05) is 18.2 Å². The van der Waals surface area contributed by atoms with E-state index in [-0.39, 0.29) is 5.91 Å². The van der Waals surface area contributed by atoms with Crippen LogP contribution in [0.2, 0.25) is 0 Å². The number of amides is 1. The second kappa shape index (κ2) is 6.84. The Morgan fingerprint density at radius 2 is 1.88 bits per heavy atom. The zero-order chi connectivity index (χ0) is 17.9. The molecule has 0 saturated heterocycles. The molecule has 1 aliphatic heterocycles. The molecule has 4 rings (SSSR count). The van der Waals surface area contributed by atoms with Crippen LogP contribution >= 0.6 is 0 Å². The molecule has 1 aliphatic rings. The quantitative estimate of drug-likeness (QED) is 0.784. The molecule has 0 fully saturated rings. The molecule has 2 heterocycles. The van der Waals surface area contributed by atoms with Crippen LogP contribution in [0.15, 0.2) is 60.9 Å². The summed E-state index contributed by atoms with van der Waals surface area (Å²) in [6.07, 6.45) is 3.95. The van der Waals surface area contributed by atoms with Gasteiger partial charge in [-0.25, -0.2) is 9.97 Å². The summed E-state index contributed by atoms with van der Waals surface area (Å²) in [6.45, 7) is 0.672. The largest absolute Gasteiger partial charge is 0.497 e. The lowest BCUT2D eigenvalue weighted by Crippen LogP contribution is -2.29. The van der Waals surface area contributed by atoms with Gasteiger partial charge in [0.25, 0.3) is 5.91 Å². The highest BCUT2D eigenvalue weighted by atomic mass is 16.5. The fourth-order valence-electron chi connectivity index (χ4n) is 3.01. The topological polar surface area (TPSA) is 67.3 Å². The molecule has 26 heavy (non-hydrogen) atoms. The smallest absolute Gasteiger partial charge is 0.278 e. The van der Waals surface area contributed by atoms with Crippen molar-refractivity contribution in [3.05, 3.63) is 72.2 Å². The zero-order valence-electron chi connectivity index (χ0n) is 14.3. The number of fused-ring (bicyclic) bond motifs is 1. The average Bonchev–Trinajstić information content (AvgIpc) is 3.13. The Morgan fingerprint density at radius 1 is 1.08 bits per heavy atom. The van der Waals surface area contributed by atoms with Crippen molar-refractivity contribution >= 4 is 23.1 Å². The first kappa shape index (κ1) is 16.1. The van der Waals surface area contributed by atoms with Crippen LogP contribution in [-0.4, -0.2) is 29.5 Å². The van der Waals surface area contributed by atoms with E-state index in [1.807, 2.05) is 42.5 Å². The second-order valence-corrected chi connectivity index (χ2v) is 5.98. The highest BCUT2D eigenvalue weighted by molar-refractivity contribution is 6.05. The van der Waals surface area contributed by atoms with E-state index in [1.165, 1.54) is 11.8 Å². The molecule has 0 unspecified atom stereocenters. The van der Waals surface area contributed by atoms with Gasteiger partial charge in [0.2, 0.25) is 0 Å². The van der Waals surface area contributed by atoms with Crippen LogP contribution in [0, 0.1) is 0 Å². The summed E-state index contributed by atoms with van der Waals surface area (Å²) in [7, 11) is 1.63. The van der Waals surface area contributed by atoms with Crippen LogP contribution in [0.3, 0.4) is 0 Å². The number of para-hydroxylation sites is 1. The first-order chi connectivity index (χ1) is 12.7. The minimum Gasteiger partial charge on any atom is -0.497 e.